The number of nitrogens with zero attached hydrogens (tertiary/aromatic N) is 2. The molecule has 0 radical (unpaired) electrons. The lowest BCUT2D eigenvalue weighted by atomic mass is 9.88. The molecule has 1 aliphatic heterocycles. The molecule has 4 heteroatoms. The van der Waals surface area contributed by atoms with Gasteiger partial charge in [0, 0.05) is 18.7 Å². The van der Waals surface area contributed by atoms with E-state index in [4.69, 9.17) is 5.73 Å². The van der Waals surface area contributed by atoms with Crippen LogP contribution in [0.4, 0.5) is 0 Å². The summed E-state index contributed by atoms with van der Waals surface area (Å²) in [5.74, 6) is 1.00. The number of phenolic OH excluding ortho intramolecular Hbond substituents is 1. The van der Waals surface area contributed by atoms with Crippen LogP contribution in [-0.2, 0) is 19.4 Å². The van der Waals surface area contributed by atoms with Crippen LogP contribution in [0.5, 0.6) is 5.75 Å². The summed E-state index contributed by atoms with van der Waals surface area (Å²) in [5, 5.41) is 10.2. The van der Waals surface area contributed by atoms with Crippen LogP contribution in [0.15, 0.2) is 17.1 Å². The second-order valence-electron chi connectivity index (χ2n) is 6.48. The van der Waals surface area contributed by atoms with Crippen LogP contribution < -0.4 is 5.73 Å². The van der Waals surface area contributed by atoms with Crippen molar-refractivity contribution >= 4 is 5.96 Å². The maximum atomic E-state index is 10.2. The number of phenols is 1. The van der Waals surface area contributed by atoms with Crippen molar-refractivity contribution in [1.82, 2.24) is 4.90 Å². The lowest BCUT2D eigenvalue weighted by Gasteiger charge is -2.22. The van der Waals surface area contributed by atoms with Gasteiger partial charge in [0.15, 0.2) is 5.96 Å². The van der Waals surface area contributed by atoms with E-state index in [9.17, 15) is 5.11 Å². The minimum Gasteiger partial charge on any atom is -0.508 e. The summed E-state index contributed by atoms with van der Waals surface area (Å²) in [6, 6.07) is 3.88. The number of aromatic hydroxyl groups is 1. The Morgan fingerprint density at radius 2 is 1.77 bits per heavy atom. The van der Waals surface area contributed by atoms with Crippen molar-refractivity contribution in [3.05, 3.63) is 28.8 Å². The first-order chi connectivity index (χ1) is 10.8. The van der Waals surface area contributed by atoms with Crippen molar-refractivity contribution in [2.24, 2.45) is 10.7 Å². The fourth-order valence-corrected chi connectivity index (χ4v) is 3.63. The van der Waals surface area contributed by atoms with E-state index in [0.29, 0.717) is 18.3 Å². The molecule has 1 saturated heterocycles. The van der Waals surface area contributed by atoms with Crippen molar-refractivity contribution in [2.75, 3.05) is 13.1 Å². The van der Waals surface area contributed by atoms with E-state index >= 15 is 0 Å². The Hall–Kier alpha value is -1.71. The van der Waals surface area contributed by atoms with Crippen molar-refractivity contribution in [2.45, 2.75) is 57.9 Å². The molecule has 1 aromatic rings. The molecule has 2 aliphatic rings. The van der Waals surface area contributed by atoms with Gasteiger partial charge in [-0.2, -0.15) is 0 Å². The molecule has 0 amide bonds. The number of aliphatic imine (C=N–C) groups is 1. The van der Waals surface area contributed by atoms with Gasteiger partial charge in [-0.25, -0.2) is 4.99 Å². The molecule has 1 aromatic carbocycles. The zero-order chi connectivity index (χ0) is 15.4. The minimum absolute atomic E-state index is 0.369. The predicted molar refractivity (Wildman–Crippen MR) is 90.1 cm³/mol. The fraction of sp³-hybridized carbons (Fsp3) is 0.611. The Kier molecular flexibility index (Phi) is 4.86. The largest absolute Gasteiger partial charge is 0.508 e. The molecular formula is C18H27N3O. The van der Waals surface area contributed by atoms with E-state index in [-0.39, 0.29) is 0 Å². The normalized spacial score (nSPS) is 19.6. The average molecular weight is 301 g/mol. The summed E-state index contributed by atoms with van der Waals surface area (Å²) in [6.07, 6.45) is 9.59. The van der Waals surface area contributed by atoms with Gasteiger partial charge in [-0.05, 0) is 55.7 Å². The van der Waals surface area contributed by atoms with Crippen molar-refractivity contribution in [3.63, 3.8) is 0 Å². The van der Waals surface area contributed by atoms with Crippen LogP contribution in [0, 0.1) is 0 Å². The predicted octanol–water partition coefficient (Wildman–Crippen LogP) is 2.96. The van der Waals surface area contributed by atoms with E-state index in [1.165, 1.54) is 49.7 Å². The molecule has 4 nitrogen and oxygen atoms in total. The molecule has 3 rings (SSSR count). The van der Waals surface area contributed by atoms with E-state index < -0.39 is 0 Å². The number of fused-ring (bicyclic) bond motifs is 1. The number of guanidine groups is 1. The molecule has 0 aromatic heterocycles. The number of nitrogens with two attached hydrogens (primary N) is 1. The summed E-state index contributed by atoms with van der Waals surface area (Å²) in [5.41, 5.74) is 9.85. The molecule has 0 unspecified atom stereocenters. The van der Waals surface area contributed by atoms with Crippen LogP contribution in [0.1, 0.15) is 55.2 Å². The third kappa shape index (κ3) is 3.37. The zero-order valence-electron chi connectivity index (χ0n) is 13.4. The van der Waals surface area contributed by atoms with Crippen LogP contribution in [0.25, 0.3) is 0 Å². The summed E-state index contributed by atoms with van der Waals surface area (Å²) in [4.78, 5) is 6.78. The Bertz CT molecular complexity index is 546. The number of likely N-dealkylation sites (tertiary alicyclic amines) is 1. The number of aryl methyl sites for hydroxylation is 1. The summed E-state index contributed by atoms with van der Waals surface area (Å²) >= 11 is 0. The Morgan fingerprint density at radius 1 is 1.05 bits per heavy atom. The van der Waals surface area contributed by atoms with Crippen molar-refractivity contribution in [1.29, 1.82) is 0 Å². The van der Waals surface area contributed by atoms with Gasteiger partial charge in [0.05, 0.1) is 6.54 Å². The summed E-state index contributed by atoms with van der Waals surface area (Å²) in [7, 11) is 0. The molecule has 0 spiro atoms. The van der Waals surface area contributed by atoms with E-state index in [0.717, 1.165) is 31.5 Å². The highest BCUT2D eigenvalue weighted by molar-refractivity contribution is 5.78. The van der Waals surface area contributed by atoms with Gasteiger partial charge in [-0.3, -0.25) is 0 Å². The van der Waals surface area contributed by atoms with Gasteiger partial charge in [0.2, 0.25) is 0 Å². The van der Waals surface area contributed by atoms with Gasteiger partial charge in [0.1, 0.15) is 5.75 Å². The zero-order valence-corrected chi connectivity index (χ0v) is 13.4. The first-order valence-corrected chi connectivity index (χ1v) is 8.63. The van der Waals surface area contributed by atoms with Crippen LogP contribution in [0.3, 0.4) is 0 Å². The van der Waals surface area contributed by atoms with Gasteiger partial charge in [-0.1, -0.05) is 18.9 Å². The van der Waals surface area contributed by atoms with Gasteiger partial charge < -0.3 is 15.7 Å². The first kappa shape index (κ1) is 15.2. The smallest absolute Gasteiger partial charge is 0.191 e. The number of rotatable bonds is 2. The highest BCUT2D eigenvalue weighted by Crippen LogP contribution is 2.31. The minimum atomic E-state index is 0.369. The molecule has 1 fully saturated rings. The maximum Gasteiger partial charge on any atom is 0.191 e. The van der Waals surface area contributed by atoms with E-state index in [1.54, 1.807) is 0 Å². The second-order valence-corrected chi connectivity index (χ2v) is 6.48. The molecule has 0 bridgehead atoms. The third-order valence-electron chi connectivity index (χ3n) is 4.96. The topological polar surface area (TPSA) is 61.9 Å². The lowest BCUT2D eigenvalue weighted by Crippen LogP contribution is -2.38. The number of hydrogen-bond acceptors (Lipinski definition) is 2. The van der Waals surface area contributed by atoms with Crippen LogP contribution in [-0.4, -0.2) is 29.1 Å². The summed E-state index contributed by atoms with van der Waals surface area (Å²) in [6.45, 7) is 2.51. The molecule has 3 N–H and O–H groups in total. The SMILES string of the molecule is NC(=NCc1c(O)ccc2c1CCCC2)N1CCCCCC1. The molecule has 1 aliphatic carbocycles. The second kappa shape index (κ2) is 7.03. The lowest BCUT2D eigenvalue weighted by molar-refractivity contribution is 0.427. The average Bonchev–Trinajstić information content (AvgIpc) is 2.83. The van der Waals surface area contributed by atoms with Crippen LogP contribution >= 0.6 is 0 Å². The monoisotopic (exact) mass is 301 g/mol. The molecule has 120 valence electrons. The van der Waals surface area contributed by atoms with Crippen molar-refractivity contribution in [3.8, 4) is 5.75 Å². The van der Waals surface area contributed by atoms with Crippen molar-refractivity contribution < 1.29 is 5.11 Å². The van der Waals surface area contributed by atoms with E-state index in [2.05, 4.69) is 16.0 Å². The highest BCUT2D eigenvalue weighted by Gasteiger charge is 2.17. The Labute approximate surface area is 133 Å². The summed E-state index contributed by atoms with van der Waals surface area (Å²) < 4.78 is 0. The quantitative estimate of drug-likeness (QED) is 0.652. The molecule has 22 heavy (non-hydrogen) atoms. The molecule has 0 saturated carbocycles. The maximum absolute atomic E-state index is 10.2. The Morgan fingerprint density at radius 3 is 2.55 bits per heavy atom. The highest BCUT2D eigenvalue weighted by atomic mass is 16.3. The van der Waals surface area contributed by atoms with E-state index in [1.807, 2.05) is 6.07 Å². The molecule has 0 atom stereocenters. The first-order valence-electron chi connectivity index (χ1n) is 8.63. The Balaban J connectivity index is 1.76. The van der Waals surface area contributed by atoms with Crippen LogP contribution in [0.2, 0.25) is 0 Å². The number of hydrogen-bond donors (Lipinski definition) is 2. The van der Waals surface area contributed by atoms with Gasteiger partial charge in [-0.15, -0.1) is 0 Å². The van der Waals surface area contributed by atoms with Gasteiger partial charge in [0.25, 0.3) is 0 Å². The fourth-order valence-electron chi connectivity index (χ4n) is 3.63. The third-order valence-corrected chi connectivity index (χ3v) is 4.96. The molecule has 1 heterocycles. The number of benzene rings is 1. The molecular weight excluding hydrogens is 274 g/mol. The van der Waals surface area contributed by atoms with Gasteiger partial charge >= 0.3 is 0 Å². The standard InChI is InChI=1S/C18H27N3O/c19-18(21-11-5-1-2-6-12-21)20-13-16-15-8-4-3-7-14(15)9-10-17(16)22/h9-10,22H,1-8,11-13H2,(H2,19,20).